The fourth-order valence-corrected chi connectivity index (χ4v) is 11.4. The summed E-state index contributed by atoms with van der Waals surface area (Å²) in [5.41, 5.74) is 2.47. The molecule has 14 nitrogen and oxygen atoms in total. The molecule has 0 unspecified atom stereocenters. The van der Waals surface area contributed by atoms with E-state index in [1.165, 1.54) is 49.1 Å². The van der Waals surface area contributed by atoms with Gasteiger partial charge in [-0.2, -0.15) is 0 Å². The molecule has 63 heavy (non-hydrogen) atoms. The summed E-state index contributed by atoms with van der Waals surface area (Å²) in [5, 5.41) is 15.6. The number of anilines is 2. The number of ether oxygens (including phenoxy) is 1. The van der Waals surface area contributed by atoms with E-state index in [0.29, 0.717) is 60.5 Å². The minimum atomic E-state index is -4.67. The number of nitrogens with zero attached hydrogens (tertiary/aromatic N) is 5. The van der Waals surface area contributed by atoms with Crippen LogP contribution < -0.4 is 19.7 Å². The van der Waals surface area contributed by atoms with Gasteiger partial charge in [-0.3, -0.25) is 19.8 Å². The average molecular weight is 879 g/mol. The summed E-state index contributed by atoms with van der Waals surface area (Å²) in [6, 6.07) is 19.5. The first-order valence-electron chi connectivity index (χ1n) is 22.3. The van der Waals surface area contributed by atoms with Crippen molar-refractivity contribution in [2.45, 2.75) is 113 Å². The van der Waals surface area contributed by atoms with E-state index in [1.807, 2.05) is 6.07 Å². The number of amides is 1. The van der Waals surface area contributed by atoms with Crippen LogP contribution in [0.15, 0.2) is 84.1 Å². The number of carbonyl (C=O) groups is 1. The number of nitrogens with one attached hydrogen (secondary N) is 3. The molecule has 0 radical (unpaired) electrons. The number of hydrogen-bond donors (Lipinski definition) is 3. The van der Waals surface area contributed by atoms with Gasteiger partial charge in [0.15, 0.2) is 0 Å². The van der Waals surface area contributed by atoms with Gasteiger partial charge in [-0.15, -0.1) is 0 Å². The van der Waals surface area contributed by atoms with Crippen molar-refractivity contribution in [2.24, 2.45) is 5.41 Å². The van der Waals surface area contributed by atoms with Crippen LogP contribution in [0.3, 0.4) is 0 Å². The summed E-state index contributed by atoms with van der Waals surface area (Å²) in [6.07, 6.45) is 14.1. The minimum Gasteiger partial charge on any atom is -0.455 e. The summed E-state index contributed by atoms with van der Waals surface area (Å²) in [4.78, 5) is 41.1. The highest BCUT2D eigenvalue weighted by Gasteiger charge is 2.50. The lowest BCUT2D eigenvalue weighted by Crippen LogP contribution is -2.54. The number of sulfonamides is 1. The number of benzene rings is 2. The number of piperidine rings is 1. The quantitative estimate of drug-likeness (QED) is 0.0759. The third kappa shape index (κ3) is 8.84. The Bertz CT molecular complexity index is 2620. The maximum Gasteiger partial charge on any atom is 0.312 e. The maximum absolute atomic E-state index is 15.3. The van der Waals surface area contributed by atoms with E-state index >= 15 is 4.39 Å². The van der Waals surface area contributed by atoms with E-state index in [2.05, 4.69) is 72.9 Å². The SMILES string of the molecule is CC(C)c1ccccc1[C@H]1CCCN1C1CC2(CCN(c3ccc(C(=O)NS(=O)(=O)c4cnc(NCC5(F)CCCCC5)c([N+](=O)[O-])c4)c(Oc4cnc5[nH]ccc5c4)c3)CC2)C1. The van der Waals surface area contributed by atoms with Crippen LogP contribution in [-0.4, -0.2) is 77.0 Å². The van der Waals surface area contributed by atoms with Gasteiger partial charge in [0.2, 0.25) is 5.82 Å². The number of pyridine rings is 2. The topological polar surface area (TPSA) is 176 Å². The third-order valence-electron chi connectivity index (χ3n) is 14.0. The third-order valence-corrected chi connectivity index (χ3v) is 15.3. The molecule has 1 spiro atoms. The summed E-state index contributed by atoms with van der Waals surface area (Å²) in [7, 11) is -4.67. The molecule has 16 heteroatoms. The van der Waals surface area contributed by atoms with Crippen molar-refractivity contribution in [1.29, 1.82) is 0 Å². The Kier molecular flexibility index (Phi) is 11.6. The largest absolute Gasteiger partial charge is 0.455 e. The fourth-order valence-electron chi connectivity index (χ4n) is 10.5. The van der Waals surface area contributed by atoms with Crippen molar-refractivity contribution in [3.05, 3.63) is 106 Å². The number of aromatic amines is 1. The van der Waals surface area contributed by atoms with E-state index in [0.717, 1.165) is 62.2 Å². The molecular weight excluding hydrogens is 824 g/mol. The molecule has 332 valence electrons. The van der Waals surface area contributed by atoms with Crippen LogP contribution in [0.1, 0.15) is 118 Å². The van der Waals surface area contributed by atoms with E-state index in [1.54, 1.807) is 24.4 Å². The van der Waals surface area contributed by atoms with Crippen LogP contribution >= 0.6 is 0 Å². The summed E-state index contributed by atoms with van der Waals surface area (Å²) >= 11 is 0. The zero-order chi connectivity index (χ0) is 43.9. The van der Waals surface area contributed by atoms with Gasteiger partial charge < -0.3 is 19.9 Å². The second-order valence-corrected chi connectivity index (χ2v) is 20.1. The standard InChI is InChI=1S/C47H55FN8O6S/c1-31(2)37-9-4-5-10-38(37)40-11-8-20-55(40)34-26-46(27-34)17-21-54(22-18-46)33-12-13-39(42(24-33)62-35-23-32-14-19-49-43(32)50-28-35)45(57)53-63(60,61)36-25-41(56(58)59)44(51-29-36)52-30-47(48)15-6-3-7-16-47/h4-5,9-10,12-14,19,23-25,28-29,31,34,40H,3,6-8,11,15-18,20-22,26-27,30H2,1-2H3,(H,49,50)(H,51,52)(H,53,57)/t40-/m1/s1. The molecule has 2 aliphatic carbocycles. The molecule has 5 heterocycles. The average Bonchev–Trinajstić information content (AvgIpc) is 3.95. The highest BCUT2D eigenvalue weighted by Crippen LogP contribution is 2.54. The smallest absolute Gasteiger partial charge is 0.312 e. The first-order chi connectivity index (χ1) is 30.3. The summed E-state index contributed by atoms with van der Waals surface area (Å²) in [6.45, 7) is 7.16. The number of fused-ring (bicyclic) bond motifs is 1. The van der Waals surface area contributed by atoms with Crippen molar-refractivity contribution >= 4 is 44.2 Å². The first kappa shape index (κ1) is 42.7. The van der Waals surface area contributed by atoms with E-state index < -0.39 is 37.1 Å². The van der Waals surface area contributed by atoms with Crippen LogP contribution in [0.25, 0.3) is 11.0 Å². The zero-order valence-electron chi connectivity index (χ0n) is 35.8. The molecule has 2 aliphatic heterocycles. The Morgan fingerprint density at radius 2 is 1.76 bits per heavy atom. The lowest BCUT2D eigenvalue weighted by atomic mass is 9.59. The molecule has 0 bridgehead atoms. The van der Waals surface area contributed by atoms with E-state index in [9.17, 15) is 23.3 Å². The maximum atomic E-state index is 15.3. The van der Waals surface area contributed by atoms with Crippen LogP contribution in [0, 0.1) is 15.5 Å². The zero-order valence-corrected chi connectivity index (χ0v) is 36.6. The van der Waals surface area contributed by atoms with E-state index in [-0.39, 0.29) is 23.7 Å². The lowest BCUT2D eigenvalue weighted by molar-refractivity contribution is -0.384. The second-order valence-electron chi connectivity index (χ2n) is 18.4. The molecular formula is C47H55FN8O6S. The summed E-state index contributed by atoms with van der Waals surface area (Å²) < 4.78 is 51.0. The molecule has 9 rings (SSSR count). The van der Waals surface area contributed by atoms with Gasteiger partial charge in [-0.05, 0) is 105 Å². The van der Waals surface area contributed by atoms with Crippen molar-refractivity contribution in [3.8, 4) is 11.5 Å². The Morgan fingerprint density at radius 1 is 0.984 bits per heavy atom. The molecule has 4 aliphatic rings. The lowest BCUT2D eigenvalue weighted by Gasteiger charge is -2.56. The van der Waals surface area contributed by atoms with E-state index in [4.69, 9.17) is 4.74 Å². The predicted molar refractivity (Wildman–Crippen MR) is 240 cm³/mol. The number of aromatic nitrogens is 3. The number of alkyl halides is 1. The van der Waals surface area contributed by atoms with Gasteiger partial charge in [-0.25, -0.2) is 27.5 Å². The van der Waals surface area contributed by atoms with Crippen molar-refractivity contribution in [2.75, 3.05) is 36.4 Å². The van der Waals surface area contributed by atoms with Crippen molar-refractivity contribution in [3.63, 3.8) is 0 Å². The second kappa shape index (κ2) is 17.2. The van der Waals surface area contributed by atoms with Crippen LogP contribution in [0.5, 0.6) is 11.5 Å². The van der Waals surface area contributed by atoms with Gasteiger partial charge in [0.05, 0.1) is 29.4 Å². The van der Waals surface area contributed by atoms with Crippen molar-refractivity contribution < 1.29 is 27.3 Å². The Balaban J connectivity index is 0.905. The number of halogens is 1. The number of carbonyl (C=O) groups excluding carboxylic acids is 1. The monoisotopic (exact) mass is 878 g/mol. The Morgan fingerprint density at radius 3 is 2.52 bits per heavy atom. The predicted octanol–water partition coefficient (Wildman–Crippen LogP) is 9.57. The highest BCUT2D eigenvalue weighted by atomic mass is 32.2. The van der Waals surface area contributed by atoms with Crippen molar-refractivity contribution in [1.82, 2.24) is 24.6 Å². The van der Waals surface area contributed by atoms with Gasteiger partial charge in [0, 0.05) is 54.6 Å². The molecule has 2 aromatic carbocycles. The minimum absolute atomic E-state index is 0.0625. The first-order valence-corrected chi connectivity index (χ1v) is 23.8. The van der Waals surface area contributed by atoms with Gasteiger partial charge in [0.25, 0.3) is 15.9 Å². The molecule has 3 aromatic heterocycles. The highest BCUT2D eigenvalue weighted by molar-refractivity contribution is 7.90. The van der Waals surface area contributed by atoms with Gasteiger partial charge in [-0.1, -0.05) is 57.4 Å². The number of likely N-dealkylation sites (tertiary alicyclic amines) is 1. The molecule has 2 saturated heterocycles. The van der Waals surface area contributed by atoms with Gasteiger partial charge >= 0.3 is 5.69 Å². The van der Waals surface area contributed by atoms with Gasteiger partial charge in [0.1, 0.15) is 27.7 Å². The molecule has 1 atom stereocenters. The Hall–Kier alpha value is -5.61. The number of H-pyrrole nitrogens is 1. The molecule has 2 saturated carbocycles. The molecule has 5 aromatic rings. The number of rotatable bonds is 13. The van der Waals surface area contributed by atoms with Crippen LogP contribution in [0.2, 0.25) is 0 Å². The molecule has 1 amide bonds. The fraction of sp³-hybridized carbons (Fsp3) is 0.468. The summed E-state index contributed by atoms with van der Waals surface area (Å²) in [5.74, 6) is -0.299. The number of nitro groups is 1. The number of hydrogen-bond acceptors (Lipinski definition) is 11. The molecule has 3 N–H and O–H groups in total. The van der Waals surface area contributed by atoms with Crippen LogP contribution in [0.4, 0.5) is 21.6 Å². The Labute approximate surface area is 367 Å². The molecule has 4 fully saturated rings. The van der Waals surface area contributed by atoms with Crippen LogP contribution in [-0.2, 0) is 10.0 Å². The normalized spacial score (nSPS) is 20.2.